The molecule has 0 fully saturated rings. The Bertz CT molecular complexity index is 199. The molecule has 0 aliphatic carbocycles. The van der Waals surface area contributed by atoms with E-state index in [1.54, 1.807) is 7.05 Å². The second kappa shape index (κ2) is 8.26. The third-order valence-electron chi connectivity index (χ3n) is 2.35. The van der Waals surface area contributed by atoms with Crippen molar-refractivity contribution in [2.75, 3.05) is 13.6 Å². The highest BCUT2D eigenvalue weighted by Crippen LogP contribution is 2.13. The van der Waals surface area contributed by atoms with E-state index < -0.39 is 0 Å². The molecule has 0 rings (SSSR count). The van der Waals surface area contributed by atoms with Crippen LogP contribution in [0, 0.1) is 5.92 Å². The molecule has 0 aromatic carbocycles. The summed E-state index contributed by atoms with van der Waals surface area (Å²) in [6, 6.07) is 0. The van der Waals surface area contributed by atoms with Crippen LogP contribution in [-0.4, -0.2) is 25.4 Å². The maximum Gasteiger partial charge on any atom is 0.239 e. The molecule has 0 aliphatic heterocycles. The molecule has 0 aliphatic rings. The third kappa shape index (κ3) is 6.10. The van der Waals surface area contributed by atoms with Crippen LogP contribution in [0.15, 0.2) is 0 Å². The van der Waals surface area contributed by atoms with Crippen molar-refractivity contribution < 1.29 is 9.59 Å². The average Bonchev–Trinajstić information content (AvgIpc) is 2.25. The molecular formula is C11H22N2O2. The fourth-order valence-electron chi connectivity index (χ4n) is 1.50. The lowest BCUT2D eigenvalue weighted by molar-refractivity contribution is -0.128. The highest BCUT2D eigenvalue weighted by atomic mass is 16.2. The van der Waals surface area contributed by atoms with Crippen molar-refractivity contribution >= 4 is 11.8 Å². The quantitative estimate of drug-likeness (QED) is 0.666. The minimum Gasteiger partial charge on any atom is -0.358 e. The van der Waals surface area contributed by atoms with Crippen LogP contribution in [-0.2, 0) is 9.59 Å². The van der Waals surface area contributed by atoms with Gasteiger partial charge < -0.3 is 10.6 Å². The van der Waals surface area contributed by atoms with Crippen LogP contribution >= 0.6 is 0 Å². The first-order valence-electron chi connectivity index (χ1n) is 5.63. The largest absolute Gasteiger partial charge is 0.358 e. The lowest BCUT2D eigenvalue weighted by Gasteiger charge is -2.14. The van der Waals surface area contributed by atoms with Crippen LogP contribution < -0.4 is 10.6 Å². The van der Waals surface area contributed by atoms with Gasteiger partial charge in [0.05, 0.1) is 6.54 Å². The van der Waals surface area contributed by atoms with Gasteiger partial charge in [-0.05, 0) is 12.8 Å². The topological polar surface area (TPSA) is 58.2 Å². The first kappa shape index (κ1) is 13.9. The zero-order chi connectivity index (χ0) is 11.7. The molecule has 2 amide bonds. The van der Waals surface area contributed by atoms with Gasteiger partial charge in [0.15, 0.2) is 0 Å². The van der Waals surface area contributed by atoms with Crippen LogP contribution in [0.3, 0.4) is 0 Å². The van der Waals surface area contributed by atoms with Crippen LogP contribution in [0.25, 0.3) is 0 Å². The van der Waals surface area contributed by atoms with Gasteiger partial charge >= 0.3 is 0 Å². The van der Waals surface area contributed by atoms with Crippen molar-refractivity contribution in [1.82, 2.24) is 10.6 Å². The number of carbonyl (C=O) groups excluding carboxylic acids is 2. The molecule has 0 aromatic heterocycles. The van der Waals surface area contributed by atoms with E-state index in [1.807, 2.05) is 0 Å². The maximum atomic E-state index is 11.7. The van der Waals surface area contributed by atoms with E-state index in [-0.39, 0.29) is 24.3 Å². The predicted octanol–water partition coefficient (Wildman–Crippen LogP) is 1.06. The minimum absolute atomic E-state index is 0.00213. The summed E-state index contributed by atoms with van der Waals surface area (Å²) in [5.41, 5.74) is 0. The fraction of sp³-hybridized carbons (Fsp3) is 0.818. The first-order chi connectivity index (χ1) is 7.15. The van der Waals surface area contributed by atoms with Gasteiger partial charge in [-0.3, -0.25) is 9.59 Å². The van der Waals surface area contributed by atoms with Crippen molar-refractivity contribution in [1.29, 1.82) is 0 Å². The van der Waals surface area contributed by atoms with Crippen molar-refractivity contribution in [2.24, 2.45) is 5.92 Å². The lowest BCUT2D eigenvalue weighted by atomic mass is 9.97. The van der Waals surface area contributed by atoms with Gasteiger partial charge in [0.2, 0.25) is 11.8 Å². The Kier molecular flexibility index (Phi) is 7.68. The highest BCUT2D eigenvalue weighted by molar-refractivity contribution is 5.85. The van der Waals surface area contributed by atoms with Gasteiger partial charge in [0.1, 0.15) is 0 Å². The standard InChI is InChI=1S/C11H22N2O2/c1-4-6-9(7-5-2)11(15)13-8-10(14)12-3/h9H,4-8H2,1-3H3,(H,12,14)(H,13,15). The van der Waals surface area contributed by atoms with Crippen molar-refractivity contribution in [3.05, 3.63) is 0 Å². The summed E-state index contributed by atoms with van der Waals surface area (Å²) in [6.45, 7) is 4.21. The summed E-state index contributed by atoms with van der Waals surface area (Å²) in [4.78, 5) is 22.6. The van der Waals surface area contributed by atoms with E-state index in [1.165, 1.54) is 0 Å². The summed E-state index contributed by atoms with van der Waals surface area (Å²) >= 11 is 0. The Hall–Kier alpha value is -1.06. The summed E-state index contributed by atoms with van der Waals surface area (Å²) in [5, 5.41) is 5.12. The van der Waals surface area contributed by atoms with Crippen LogP contribution in [0.4, 0.5) is 0 Å². The summed E-state index contributed by atoms with van der Waals surface area (Å²) in [5.74, 6) is -0.0953. The van der Waals surface area contributed by atoms with E-state index in [0.29, 0.717) is 0 Å². The molecule has 88 valence electrons. The molecule has 0 atom stereocenters. The average molecular weight is 214 g/mol. The monoisotopic (exact) mass is 214 g/mol. The molecule has 15 heavy (non-hydrogen) atoms. The molecule has 0 bridgehead atoms. The predicted molar refractivity (Wildman–Crippen MR) is 60.4 cm³/mol. The molecule has 2 N–H and O–H groups in total. The number of rotatable bonds is 7. The smallest absolute Gasteiger partial charge is 0.239 e. The Labute approximate surface area is 91.8 Å². The number of hydrogen-bond acceptors (Lipinski definition) is 2. The molecule has 4 heteroatoms. The Morgan fingerprint density at radius 1 is 1.13 bits per heavy atom. The van der Waals surface area contributed by atoms with Gasteiger partial charge in [-0.2, -0.15) is 0 Å². The first-order valence-corrected chi connectivity index (χ1v) is 5.63. The lowest BCUT2D eigenvalue weighted by Crippen LogP contribution is -2.38. The Morgan fingerprint density at radius 3 is 2.07 bits per heavy atom. The van der Waals surface area contributed by atoms with E-state index >= 15 is 0 Å². The second-order valence-electron chi connectivity index (χ2n) is 3.67. The third-order valence-corrected chi connectivity index (χ3v) is 2.35. The maximum absolute atomic E-state index is 11.7. The van der Waals surface area contributed by atoms with Crippen molar-refractivity contribution in [3.63, 3.8) is 0 Å². The van der Waals surface area contributed by atoms with E-state index in [9.17, 15) is 9.59 Å². The molecule has 0 saturated heterocycles. The molecule has 0 saturated carbocycles. The summed E-state index contributed by atoms with van der Waals surface area (Å²) in [7, 11) is 1.56. The van der Waals surface area contributed by atoms with Gasteiger partial charge in [0, 0.05) is 13.0 Å². The minimum atomic E-state index is -0.157. The fourth-order valence-corrected chi connectivity index (χ4v) is 1.50. The summed E-state index contributed by atoms with van der Waals surface area (Å²) < 4.78 is 0. The zero-order valence-electron chi connectivity index (χ0n) is 9.93. The van der Waals surface area contributed by atoms with Crippen LogP contribution in [0.2, 0.25) is 0 Å². The summed E-state index contributed by atoms with van der Waals surface area (Å²) in [6.07, 6.45) is 3.79. The van der Waals surface area contributed by atoms with Gasteiger partial charge in [-0.25, -0.2) is 0 Å². The molecule has 0 spiro atoms. The number of nitrogens with one attached hydrogen (secondary N) is 2. The highest BCUT2D eigenvalue weighted by Gasteiger charge is 2.16. The second-order valence-corrected chi connectivity index (χ2v) is 3.67. The van der Waals surface area contributed by atoms with Gasteiger partial charge in [0.25, 0.3) is 0 Å². The molecule has 0 radical (unpaired) electrons. The van der Waals surface area contributed by atoms with Gasteiger partial charge in [-0.1, -0.05) is 26.7 Å². The van der Waals surface area contributed by atoms with Crippen LogP contribution in [0.1, 0.15) is 39.5 Å². The SMILES string of the molecule is CCCC(CCC)C(=O)NCC(=O)NC. The number of likely N-dealkylation sites (N-methyl/N-ethyl adjacent to an activating group) is 1. The van der Waals surface area contributed by atoms with Crippen LogP contribution in [0.5, 0.6) is 0 Å². The molecule has 0 unspecified atom stereocenters. The number of carbonyl (C=O) groups is 2. The Morgan fingerprint density at radius 2 is 1.67 bits per heavy atom. The Balaban J connectivity index is 3.96. The zero-order valence-corrected chi connectivity index (χ0v) is 9.93. The molecule has 4 nitrogen and oxygen atoms in total. The number of amides is 2. The molecule has 0 aromatic rings. The van der Waals surface area contributed by atoms with Crippen molar-refractivity contribution in [3.8, 4) is 0 Å². The van der Waals surface area contributed by atoms with Crippen molar-refractivity contribution in [2.45, 2.75) is 39.5 Å². The van der Waals surface area contributed by atoms with E-state index in [4.69, 9.17) is 0 Å². The van der Waals surface area contributed by atoms with E-state index in [0.717, 1.165) is 25.7 Å². The van der Waals surface area contributed by atoms with Gasteiger partial charge in [-0.15, -0.1) is 0 Å². The normalized spacial score (nSPS) is 10.1. The number of hydrogen-bond donors (Lipinski definition) is 2. The molecule has 0 heterocycles. The van der Waals surface area contributed by atoms with E-state index in [2.05, 4.69) is 24.5 Å². The molecular weight excluding hydrogens is 192 g/mol.